The summed E-state index contributed by atoms with van der Waals surface area (Å²) in [6, 6.07) is 1.98. The van der Waals surface area contributed by atoms with E-state index in [1.165, 1.54) is 11.8 Å². The van der Waals surface area contributed by atoms with Crippen molar-refractivity contribution >= 4 is 23.4 Å². The van der Waals surface area contributed by atoms with Gasteiger partial charge in [0.25, 0.3) is 0 Å². The predicted molar refractivity (Wildman–Crippen MR) is 60.8 cm³/mol. The molecule has 0 saturated heterocycles. The molecule has 0 radical (unpaired) electrons. The predicted octanol–water partition coefficient (Wildman–Crippen LogP) is 0.494. The van der Waals surface area contributed by atoms with Gasteiger partial charge in [0.05, 0.1) is 12.5 Å². The monoisotopic (exact) mass is 245 g/mol. The van der Waals surface area contributed by atoms with Crippen molar-refractivity contribution < 1.29 is 9.59 Å². The molecule has 6 heteroatoms. The highest BCUT2D eigenvalue weighted by molar-refractivity contribution is 6.27. The SMILES string of the molecule is CC(=O)NCCCN(CCC#N)C(=O)CCl. The van der Waals surface area contributed by atoms with Crippen molar-refractivity contribution in [1.82, 2.24) is 10.2 Å². The van der Waals surface area contributed by atoms with Crippen molar-refractivity contribution in [2.24, 2.45) is 0 Å². The van der Waals surface area contributed by atoms with Crippen LogP contribution in [0.2, 0.25) is 0 Å². The van der Waals surface area contributed by atoms with E-state index in [9.17, 15) is 9.59 Å². The summed E-state index contributed by atoms with van der Waals surface area (Å²) in [6.07, 6.45) is 0.955. The first kappa shape index (κ1) is 14.7. The van der Waals surface area contributed by atoms with Crippen molar-refractivity contribution in [3.63, 3.8) is 0 Å². The van der Waals surface area contributed by atoms with Gasteiger partial charge in [0.1, 0.15) is 5.88 Å². The zero-order valence-electron chi connectivity index (χ0n) is 9.33. The Balaban J connectivity index is 3.88. The van der Waals surface area contributed by atoms with Gasteiger partial charge in [0, 0.05) is 26.6 Å². The average molecular weight is 246 g/mol. The Morgan fingerprint density at radius 3 is 2.62 bits per heavy atom. The van der Waals surface area contributed by atoms with Gasteiger partial charge in [0.15, 0.2) is 0 Å². The summed E-state index contributed by atoms with van der Waals surface area (Å²) in [5.41, 5.74) is 0. The zero-order valence-corrected chi connectivity index (χ0v) is 10.1. The van der Waals surface area contributed by atoms with E-state index in [1.807, 2.05) is 6.07 Å². The number of nitrogens with zero attached hydrogens (tertiary/aromatic N) is 2. The molecule has 0 fully saturated rings. The van der Waals surface area contributed by atoms with Crippen LogP contribution in [0.25, 0.3) is 0 Å². The Labute approximate surface area is 100 Å². The van der Waals surface area contributed by atoms with Gasteiger partial charge in [-0.2, -0.15) is 5.26 Å². The van der Waals surface area contributed by atoms with E-state index in [2.05, 4.69) is 5.32 Å². The summed E-state index contributed by atoms with van der Waals surface area (Å²) < 4.78 is 0. The molecule has 0 aliphatic rings. The third-order valence-electron chi connectivity index (χ3n) is 1.94. The Morgan fingerprint density at radius 2 is 2.12 bits per heavy atom. The normalized spacial score (nSPS) is 9.31. The van der Waals surface area contributed by atoms with E-state index in [1.54, 1.807) is 0 Å². The minimum absolute atomic E-state index is 0.0778. The molecule has 2 amide bonds. The van der Waals surface area contributed by atoms with Crippen LogP contribution in [0.3, 0.4) is 0 Å². The van der Waals surface area contributed by atoms with Crippen LogP contribution in [0.4, 0.5) is 0 Å². The molecule has 0 unspecified atom stereocenters. The molecular weight excluding hydrogens is 230 g/mol. The fourth-order valence-corrected chi connectivity index (χ4v) is 1.33. The Morgan fingerprint density at radius 1 is 1.44 bits per heavy atom. The molecule has 0 spiro atoms. The van der Waals surface area contributed by atoms with Crippen LogP contribution < -0.4 is 5.32 Å². The summed E-state index contributed by atoms with van der Waals surface area (Å²) in [5, 5.41) is 11.1. The highest BCUT2D eigenvalue weighted by atomic mass is 35.5. The lowest BCUT2D eigenvalue weighted by molar-refractivity contribution is -0.128. The quantitative estimate of drug-likeness (QED) is 0.524. The van der Waals surface area contributed by atoms with Crippen molar-refractivity contribution in [2.45, 2.75) is 19.8 Å². The molecule has 16 heavy (non-hydrogen) atoms. The smallest absolute Gasteiger partial charge is 0.237 e. The minimum atomic E-state index is -0.181. The van der Waals surface area contributed by atoms with Crippen molar-refractivity contribution in [3.8, 4) is 6.07 Å². The standard InChI is InChI=1S/C10H16ClN3O2/c1-9(15)13-5-3-7-14(6-2-4-12)10(16)8-11/h2-3,5-8H2,1H3,(H,13,15). The number of halogens is 1. The highest BCUT2D eigenvalue weighted by Crippen LogP contribution is 1.96. The molecule has 0 aromatic rings. The maximum Gasteiger partial charge on any atom is 0.237 e. The molecule has 90 valence electrons. The fraction of sp³-hybridized carbons (Fsp3) is 0.700. The van der Waals surface area contributed by atoms with E-state index < -0.39 is 0 Å². The van der Waals surface area contributed by atoms with Gasteiger partial charge in [-0.1, -0.05) is 0 Å². The Hall–Kier alpha value is -1.28. The maximum atomic E-state index is 11.3. The van der Waals surface area contributed by atoms with E-state index in [4.69, 9.17) is 16.9 Å². The Bertz CT molecular complexity index is 276. The topological polar surface area (TPSA) is 73.2 Å². The molecular formula is C10H16ClN3O2. The Kier molecular flexibility index (Phi) is 8.26. The maximum absolute atomic E-state index is 11.3. The van der Waals surface area contributed by atoms with Gasteiger partial charge in [-0.25, -0.2) is 0 Å². The van der Waals surface area contributed by atoms with Crippen molar-refractivity contribution in [1.29, 1.82) is 5.26 Å². The lowest BCUT2D eigenvalue weighted by atomic mass is 10.3. The molecule has 0 atom stereocenters. The second-order valence-corrected chi connectivity index (χ2v) is 3.53. The summed E-state index contributed by atoms with van der Waals surface area (Å²) in [6.45, 7) is 2.86. The fourth-order valence-electron chi connectivity index (χ4n) is 1.17. The molecule has 1 N–H and O–H groups in total. The number of rotatable bonds is 7. The third-order valence-corrected chi connectivity index (χ3v) is 2.17. The summed E-state index contributed by atoms with van der Waals surface area (Å²) >= 11 is 5.45. The van der Waals surface area contributed by atoms with Crippen LogP contribution in [0.5, 0.6) is 0 Å². The van der Waals surface area contributed by atoms with E-state index in [0.29, 0.717) is 32.5 Å². The summed E-state index contributed by atoms with van der Waals surface area (Å²) in [4.78, 5) is 23.5. The van der Waals surface area contributed by atoms with Crippen molar-refractivity contribution in [2.75, 3.05) is 25.5 Å². The lowest BCUT2D eigenvalue weighted by Crippen LogP contribution is -2.35. The van der Waals surface area contributed by atoms with Gasteiger partial charge in [-0.3, -0.25) is 9.59 Å². The number of carbonyl (C=O) groups is 2. The molecule has 0 saturated carbocycles. The highest BCUT2D eigenvalue weighted by Gasteiger charge is 2.10. The second-order valence-electron chi connectivity index (χ2n) is 3.26. The first-order chi connectivity index (χ1) is 7.61. The van der Waals surface area contributed by atoms with Gasteiger partial charge < -0.3 is 10.2 Å². The van der Waals surface area contributed by atoms with Gasteiger partial charge in [-0.05, 0) is 6.42 Å². The molecule has 0 aromatic heterocycles. The van der Waals surface area contributed by atoms with Crippen LogP contribution in [0.1, 0.15) is 19.8 Å². The number of hydrogen-bond donors (Lipinski definition) is 1. The van der Waals surface area contributed by atoms with Crippen LogP contribution in [0.15, 0.2) is 0 Å². The molecule has 0 bridgehead atoms. The summed E-state index contributed by atoms with van der Waals surface area (Å²) in [5.74, 6) is -0.349. The van der Waals surface area contributed by atoms with Crippen LogP contribution in [0, 0.1) is 11.3 Å². The number of alkyl halides is 1. The third kappa shape index (κ3) is 7.07. The largest absolute Gasteiger partial charge is 0.356 e. The molecule has 0 aliphatic carbocycles. The van der Waals surface area contributed by atoms with Crippen LogP contribution in [-0.2, 0) is 9.59 Å². The number of carbonyl (C=O) groups excluding carboxylic acids is 2. The number of nitrogens with one attached hydrogen (secondary N) is 1. The lowest BCUT2D eigenvalue weighted by Gasteiger charge is -2.20. The van der Waals surface area contributed by atoms with E-state index in [0.717, 1.165) is 0 Å². The van der Waals surface area contributed by atoms with Gasteiger partial charge in [-0.15, -0.1) is 11.6 Å². The first-order valence-corrected chi connectivity index (χ1v) is 5.60. The first-order valence-electron chi connectivity index (χ1n) is 5.07. The number of hydrogen-bond acceptors (Lipinski definition) is 3. The van der Waals surface area contributed by atoms with E-state index >= 15 is 0 Å². The zero-order chi connectivity index (χ0) is 12.4. The molecule has 0 heterocycles. The van der Waals surface area contributed by atoms with E-state index in [-0.39, 0.29) is 17.7 Å². The van der Waals surface area contributed by atoms with Crippen LogP contribution in [-0.4, -0.2) is 42.2 Å². The van der Waals surface area contributed by atoms with Crippen LogP contribution >= 0.6 is 11.6 Å². The number of amides is 2. The molecule has 0 rings (SSSR count). The average Bonchev–Trinajstić information content (AvgIpc) is 2.26. The minimum Gasteiger partial charge on any atom is -0.356 e. The van der Waals surface area contributed by atoms with Crippen molar-refractivity contribution in [3.05, 3.63) is 0 Å². The van der Waals surface area contributed by atoms with Gasteiger partial charge in [0.2, 0.25) is 11.8 Å². The molecule has 5 nitrogen and oxygen atoms in total. The number of nitriles is 1. The summed E-state index contributed by atoms with van der Waals surface area (Å²) in [7, 11) is 0. The molecule has 0 aromatic carbocycles. The molecule has 0 aliphatic heterocycles. The second kappa shape index (κ2) is 8.98. The van der Waals surface area contributed by atoms with Gasteiger partial charge >= 0.3 is 0 Å².